The normalized spacial score (nSPS) is 12.1. The molecule has 1 amide bonds. The third-order valence-electron chi connectivity index (χ3n) is 3.87. The molecule has 4 heterocycles. The van der Waals surface area contributed by atoms with Crippen molar-refractivity contribution in [2.24, 2.45) is 0 Å². The maximum Gasteiger partial charge on any atom is 0.272 e. The summed E-state index contributed by atoms with van der Waals surface area (Å²) in [6, 6.07) is 10.7. The van der Waals surface area contributed by atoms with Gasteiger partial charge in [-0.05, 0) is 44.2 Å². The van der Waals surface area contributed by atoms with Gasteiger partial charge in [-0.2, -0.15) is 10.1 Å². The molecule has 0 aromatic carbocycles. The largest absolute Gasteiger partial charge is 0.339 e. The lowest BCUT2D eigenvalue weighted by Gasteiger charge is -2.07. The van der Waals surface area contributed by atoms with E-state index in [0.717, 1.165) is 10.6 Å². The fourth-order valence-electron chi connectivity index (χ4n) is 2.49. The van der Waals surface area contributed by atoms with Crippen molar-refractivity contribution in [3.63, 3.8) is 0 Å². The minimum absolute atomic E-state index is 0.298. The number of rotatable bonds is 5. The van der Waals surface area contributed by atoms with Gasteiger partial charge in [0, 0.05) is 11.1 Å². The summed E-state index contributed by atoms with van der Waals surface area (Å²) < 4.78 is 5.25. The molecule has 0 aliphatic heterocycles. The standard InChI is InChI=1S/C18H16N6O2S/c1-10-6-7-15(27-10)13-9-14(23-22-13)17(25)20-11(2)18-21-16(24-26-18)12-5-3-4-8-19-12/h3-9,11H,1-2H3,(H,20,25)(H,22,23). The average molecular weight is 380 g/mol. The Labute approximate surface area is 158 Å². The molecule has 0 fully saturated rings. The predicted molar refractivity (Wildman–Crippen MR) is 100 cm³/mol. The molecule has 8 nitrogen and oxygen atoms in total. The minimum Gasteiger partial charge on any atom is -0.339 e. The van der Waals surface area contributed by atoms with Crippen molar-refractivity contribution in [3.8, 4) is 22.1 Å². The summed E-state index contributed by atoms with van der Waals surface area (Å²) in [5.41, 5.74) is 1.71. The number of aromatic amines is 1. The summed E-state index contributed by atoms with van der Waals surface area (Å²) >= 11 is 1.64. The second-order valence-electron chi connectivity index (χ2n) is 5.94. The van der Waals surface area contributed by atoms with Crippen LogP contribution in [0, 0.1) is 6.92 Å². The van der Waals surface area contributed by atoms with Crippen molar-refractivity contribution in [2.75, 3.05) is 0 Å². The van der Waals surface area contributed by atoms with E-state index in [1.165, 1.54) is 4.88 Å². The number of amides is 1. The number of hydrogen-bond acceptors (Lipinski definition) is 7. The minimum atomic E-state index is -0.466. The first kappa shape index (κ1) is 17.1. The van der Waals surface area contributed by atoms with Crippen LogP contribution in [0.5, 0.6) is 0 Å². The van der Waals surface area contributed by atoms with Crippen molar-refractivity contribution in [1.82, 2.24) is 30.6 Å². The molecule has 0 bridgehead atoms. The van der Waals surface area contributed by atoms with E-state index in [9.17, 15) is 4.79 Å². The van der Waals surface area contributed by atoms with Crippen LogP contribution in [-0.4, -0.2) is 31.2 Å². The van der Waals surface area contributed by atoms with Crippen molar-refractivity contribution in [3.05, 3.63) is 59.1 Å². The second kappa shape index (κ2) is 7.12. The lowest BCUT2D eigenvalue weighted by molar-refractivity contribution is 0.0927. The number of carbonyl (C=O) groups is 1. The molecular formula is C18H16N6O2S. The van der Waals surface area contributed by atoms with Crippen LogP contribution in [0.15, 0.2) is 47.1 Å². The van der Waals surface area contributed by atoms with E-state index in [1.807, 2.05) is 31.2 Å². The molecule has 0 radical (unpaired) electrons. The van der Waals surface area contributed by atoms with Gasteiger partial charge < -0.3 is 9.84 Å². The molecule has 136 valence electrons. The SMILES string of the molecule is Cc1ccc(-c2cc(C(=O)NC(C)c3nc(-c4ccccn4)no3)n[nH]2)s1. The molecule has 4 aromatic heterocycles. The first-order valence-electron chi connectivity index (χ1n) is 8.28. The van der Waals surface area contributed by atoms with Gasteiger partial charge in [0.15, 0.2) is 5.69 Å². The Kier molecular flexibility index (Phi) is 4.51. The molecule has 2 N–H and O–H groups in total. The monoisotopic (exact) mass is 380 g/mol. The summed E-state index contributed by atoms with van der Waals surface area (Å²) in [5, 5.41) is 13.7. The van der Waals surface area contributed by atoms with Gasteiger partial charge in [-0.1, -0.05) is 11.2 Å². The Hall–Kier alpha value is -3.33. The summed E-state index contributed by atoms with van der Waals surface area (Å²) in [6.07, 6.45) is 1.65. The quantitative estimate of drug-likeness (QED) is 0.549. The van der Waals surface area contributed by atoms with Gasteiger partial charge in [0.05, 0.1) is 10.6 Å². The van der Waals surface area contributed by atoms with Gasteiger partial charge in [0.1, 0.15) is 11.7 Å². The highest BCUT2D eigenvalue weighted by molar-refractivity contribution is 7.15. The number of carbonyl (C=O) groups excluding carboxylic acids is 1. The molecule has 0 saturated carbocycles. The number of nitrogens with zero attached hydrogens (tertiary/aromatic N) is 4. The molecule has 1 atom stereocenters. The molecule has 0 aliphatic rings. The zero-order chi connectivity index (χ0) is 18.8. The first-order valence-corrected chi connectivity index (χ1v) is 9.10. The number of pyridine rings is 1. The molecule has 4 aromatic rings. The number of thiophene rings is 1. The fourth-order valence-corrected chi connectivity index (χ4v) is 3.32. The Morgan fingerprint density at radius 1 is 1.30 bits per heavy atom. The van der Waals surface area contributed by atoms with Crippen molar-refractivity contribution in [2.45, 2.75) is 19.9 Å². The van der Waals surface area contributed by atoms with Crippen molar-refractivity contribution in [1.29, 1.82) is 0 Å². The zero-order valence-corrected chi connectivity index (χ0v) is 15.4. The Balaban J connectivity index is 1.45. The topological polar surface area (TPSA) is 110 Å². The molecule has 4 rings (SSSR count). The molecule has 0 saturated heterocycles. The Morgan fingerprint density at radius 2 is 2.19 bits per heavy atom. The third-order valence-corrected chi connectivity index (χ3v) is 4.90. The van der Waals surface area contributed by atoms with Gasteiger partial charge >= 0.3 is 0 Å². The number of aromatic nitrogens is 5. The van der Waals surface area contributed by atoms with Crippen LogP contribution in [-0.2, 0) is 0 Å². The molecule has 0 spiro atoms. The van der Waals surface area contributed by atoms with E-state index in [-0.39, 0.29) is 5.91 Å². The highest BCUT2D eigenvalue weighted by Gasteiger charge is 2.20. The summed E-state index contributed by atoms with van der Waals surface area (Å²) in [6.45, 7) is 3.80. The smallest absolute Gasteiger partial charge is 0.272 e. The van der Waals surface area contributed by atoms with E-state index in [2.05, 4.69) is 30.6 Å². The van der Waals surface area contributed by atoms with Crippen LogP contribution < -0.4 is 5.32 Å². The molecular weight excluding hydrogens is 364 g/mol. The highest BCUT2D eigenvalue weighted by Crippen LogP contribution is 2.26. The van der Waals surface area contributed by atoms with Crippen LogP contribution in [0.2, 0.25) is 0 Å². The number of H-pyrrole nitrogens is 1. The zero-order valence-electron chi connectivity index (χ0n) is 14.6. The molecule has 9 heteroatoms. The van der Waals surface area contributed by atoms with Gasteiger partial charge in [-0.15, -0.1) is 11.3 Å². The average Bonchev–Trinajstić information content (AvgIpc) is 3.42. The van der Waals surface area contributed by atoms with Gasteiger partial charge in [0.2, 0.25) is 11.7 Å². The Morgan fingerprint density at radius 3 is 2.93 bits per heavy atom. The Bertz CT molecular complexity index is 1070. The lowest BCUT2D eigenvalue weighted by Crippen LogP contribution is -2.27. The number of nitrogens with one attached hydrogen (secondary N) is 2. The summed E-state index contributed by atoms with van der Waals surface area (Å²) in [7, 11) is 0. The van der Waals surface area contributed by atoms with Gasteiger partial charge in [-0.3, -0.25) is 14.9 Å². The van der Waals surface area contributed by atoms with E-state index in [1.54, 1.807) is 36.6 Å². The summed E-state index contributed by atoms with van der Waals surface area (Å²) in [5.74, 6) is 0.353. The maximum atomic E-state index is 12.5. The second-order valence-corrected chi connectivity index (χ2v) is 7.23. The van der Waals surface area contributed by atoms with E-state index < -0.39 is 6.04 Å². The molecule has 0 aliphatic carbocycles. The number of aryl methyl sites for hydroxylation is 1. The van der Waals surface area contributed by atoms with Gasteiger partial charge in [-0.25, -0.2) is 0 Å². The van der Waals surface area contributed by atoms with Crippen LogP contribution in [0.25, 0.3) is 22.1 Å². The van der Waals surface area contributed by atoms with Crippen LogP contribution in [0.1, 0.15) is 34.2 Å². The summed E-state index contributed by atoms with van der Waals surface area (Å²) in [4.78, 5) is 23.2. The van der Waals surface area contributed by atoms with Crippen molar-refractivity contribution >= 4 is 17.2 Å². The van der Waals surface area contributed by atoms with E-state index in [4.69, 9.17) is 4.52 Å². The van der Waals surface area contributed by atoms with E-state index in [0.29, 0.717) is 23.1 Å². The lowest BCUT2D eigenvalue weighted by atomic mass is 10.2. The van der Waals surface area contributed by atoms with Crippen molar-refractivity contribution < 1.29 is 9.32 Å². The maximum absolute atomic E-state index is 12.5. The third kappa shape index (κ3) is 3.63. The number of hydrogen-bond donors (Lipinski definition) is 2. The van der Waals surface area contributed by atoms with E-state index >= 15 is 0 Å². The fraction of sp³-hybridized carbons (Fsp3) is 0.167. The first-order chi connectivity index (χ1) is 13.1. The van der Waals surface area contributed by atoms with Gasteiger partial charge in [0.25, 0.3) is 5.91 Å². The van der Waals surface area contributed by atoms with Crippen LogP contribution in [0.4, 0.5) is 0 Å². The van der Waals surface area contributed by atoms with Crippen LogP contribution in [0.3, 0.4) is 0 Å². The molecule has 27 heavy (non-hydrogen) atoms. The highest BCUT2D eigenvalue weighted by atomic mass is 32.1. The molecule has 1 unspecified atom stereocenters. The predicted octanol–water partition coefficient (Wildman–Crippen LogP) is 3.38. The van der Waals surface area contributed by atoms with Crippen LogP contribution >= 0.6 is 11.3 Å².